The summed E-state index contributed by atoms with van der Waals surface area (Å²) in [5.74, 6) is -2.02. The first-order chi connectivity index (χ1) is 9.82. The summed E-state index contributed by atoms with van der Waals surface area (Å²) in [5, 5.41) is 7.22. The van der Waals surface area contributed by atoms with Gasteiger partial charge in [0, 0.05) is 12.0 Å². The van der Waals surface area contributed by atoms with Crippen molar-refractivity contribution in [1.29, 1.82) is 0 Å². The molecule has 0 amide bonds. The van der Waals surface area contributed by atoms with Crippen molar-refractivity contribution in [2.45, 2.75) is 32.8 Å². The average Bonchev–Trinajstić information content (AvgIpc) is 2.79. The molecule has 0 spiro atoms. The Morgan fingerprint density at radius 2 is 2.19 bits per heavy atom. The summed E-state index contributed by atoms with van der Waals surface area (Å²) < 4.78 is 26.6. The first-order valence-corrected chi connectivity index (χ1v) is 6.25. The molecule has 1 unspecified atom stereocenters. The lowest BCUT2D eigenvalue weighted by Crippen LogP contribution is -2.36. The van der Waals surface area contributed by atoms with Crippen LogP contribution in [0.1, 0.15) is 32.8 Å². The average molecular weight is 296 g/mol. The lowest BCUT2D eigenvalue weighted by molar-refractivity contribution is -0.167. The Kier molecular flexibility index (Phi) is 4.02. The molecule has 1 heterocycles. The monoisotopic (exact) mass is 296 g/mol. The Morgan fingerprint density at radius 1 is 1.48 bits per heavy atom. The van der Waals surface area contributed by atoms with Crippen LogP contribution in [0.25, 0.3) is 0 Å². The second-order valence-electron chi connectivity index (χ2n) is 5.01. The number of benzene rings is 1. The molecule has 21 heavy (non-hydrogen) atoms. The van der Waals surface area contributed by atoms with Crippen molar-refractivity contribution >= 4 is 17.4 Å². The standard InChI is InChI=1S/C14H14F2N2O3/c1-8-7-14(3,21-17-8)13(19)20-18-9(2)11-6-10(15)4-5-12(11)16/h4-6H,7H2,1-3H3/b18-9+. The van der Waals surface area contributed by atoms with Gasteiger partial charge in [-0.3, -0.25) is 0 Å². The molecular weight excluding hydrogens is 282 g/mol. The van der Waals surface area contributed by atoms with Gasteiger partial charge in [-0.1, -0.05) is 10.3 Å². The van der Waals surface area contributed by atoms with Gasteiger partial charge in [-0.25, -0.2) is 13.6 Å². The molecule has 0 aromatic heterocycles. The second kappa shape index (κ2) is 5.59. The van der Waals surface area contributed by atoms with Gasteiger partial charge in [-0.15, -0.1) is 0 Å². The Labute approximate surface area is 120 Å². The van der Waals surface area contributed by atoms with E-state index < -0.39 is 23.2 Å². The molecule has 0 bridgehead atoms. The maximum atomic E-state index is 13.5. The van der Waals surface area contributed by atoms with Gasteiger partial charge in [0.1, 0.15) is 11.6 Å². The van der Waals surface area contributed by atoms with E-state index in [0.29, 0.717) is 5.71 Å². The highest BCUT2D eigenvalue weighted by molar-refractivity contribution is 5.99. The number of hydrogen-bond donors (Lipinski definition) is 0. The third-order valence-corrected chi connectivity index (χ3v) is 3.01. The largest absolute Gasteiger partial charge is 0.381 e. The van der Waals surface area contributed by atoms with E-state index in [-0.39, 0.29) is 17.7 Å². The molecule has 2 rings (SSSR count). The summed E-state index contributed by atoms with van der Waals surface area (Å²) in [6, 6.07) is 2.94. The highest BCUT2D eigenvalue weighted by Crippen LogP contribution is 2.25. The highest BCUT2D eigenvalue weighted by Gasteiger charge is 2.43. The summed E-state index contributed by atoms with van der Waals surface area (Å²) in [6.45, 7) is 4.64. The molecule has 0 aliphatic carbocycles. The first-order valence-electron chi connectivity index (χ1n) is 6.25. The number of oxime groups is 2. The van der Waals surface area contributed by atoms with Crippen molar-refractivity contribution in [2.75, 3.05) is 0 Å². The normalized spacial score (nSPS) is 21.8. The van der Waals surface area contributed by atoms with E-state index >= 15 is 0 Å². The van der Waals surface area contributed by atoms with Gasteiger partial charge in [0.2, 0.25) is 5.60 Å². The molecule has 0 saturated heterocycles. The van der Waals surface area contributed by atoms with Crippen LogP contribution in [0.3, 0.4) is 0 Å². The maximum Gasteiger partial charge on any atom is 0.381 e. The van der Waals surface area contributed by atoms with Gasteiger partial charge in [-0.05, 0) is 39.0 Å². The van der Waals surface area contributed by atoms with Crippen molar-refractivity contribution < 1.29 is 23.3 Å². The van der Waals surface area contributed by atoms with Crippen LogP contribution in [0.4, 0.5) is 8.78 Å². The van der Waals surface area contributed by atoms with Gasteiger partial charge in [0.25, 0.3) is 0 Å². The Balaban J connectivity index is 2.10. The first kappa shape index (κ1) is 15.1. The summed E-state index contributed by atoms with van der Waals surface area (Å²) in [6.07, 6.45) is 0.286. The van der Waals surface area contributed by atoms with E-state index in [4.69, 9.17) is 9.68 Å². The van der Waals surface area contributed by atoms with E-state index in [9.17, 15) is 13.6 Å². The Morgan fingerprint density at radius 3 is 2.81 bits per heavy atom. The van der Waals surface area contributed by atoms with Crippen LogP contribution < -0.4 is 0 Å². The lowest BCUT2D eigenvalue weighted by atomic mass is 10.0. The number of nitrogens with zero attached hydrogens (tertiary/aromatic N) is 2. The van der Waals surface area contributed by atoms with Crippen LogP contribution in [-0.2, 0) is 14.5 Å². The number of rotatable bonds is 3. The Bertz CT molecular complexity index is 643. The minimum Gasteiger partial charge on any atom is -0.377 e. The van der Waals surface area contributed by atoms with Crippen molar-refractivity contribution in [2.24, 2.45) is 10.3 Å². The maximum absolute atomic E-state index is 13.5. The van der Waals surface area contributed by atoms with Crippen LogP contribution in [0.5, 0.6) is 0 Å². The molecule has 0 N–H and O–H groups in total. The molecule has 1 atom stereocenters. The molecule has 112 valence electrons. The third kappa shape index (κ3) is 3.24. The molecular formula is C14H14F2N2O3. The SMILES string of the molecule is CC1=NOC(C)(C(=O)O/N=C(\C)c2cc(F)ccc2F)C1. The smallest absolute Gasteiger partial charge is 0.377 e. The topological polar surface area (TPSA) is 60.2 Å². The molecule has 5 nitrogen and oxygen atoms in total. The van der Waals surface area contributed by atoms with Crippen molar-refractivity contribution in [3.63, 3.8) is 0 Å². The van der Waals surface area contributed by atoms with Crippen molar-refractivity contribution in [3.8, 4) is 0 Å². The number of carbonyl (C=O) groups is 1. The minimum absolute atomic E-state index is 0.0413. The minimum atomic E-state index is -1.24. The molecule has 1 aliphatic heterocycles. The number of carbonyl (C=O) groups excluding carboxylic acids is 1. The predicted molar refractivity (Wildman–Crippen MR) is 71.9 cm³/mol. The number of hydrogen-bond acceptors (Lipinski definition) is 5. The van der Waals surface area contributed by atoms with Crippen molar-refractivity contribution in [1.82, 2.24) is 0 Å². The van der Waals surface area contributed by atoms with Crippen LogP contribution in [0.15, 0.2) is 28.5 Å². The van der Waals surface area contributed by atoms with Gasteiger partial charge < -0.3 is 9.68 Å². The molecule has 0 radical (unpaired) electrons. The zero-order chi connectivity index (χ0) is 15.6. The summed E-state index contributed by atoms with van der Waals surface area (Å²) in [5.41, 5.74) is -0.618. The van der Waals surface area contributed by atoms with Gasteiger partial charge in [-0.2, -0.15) is 0 Å². The fraction of sp³-hybridized carbons (Fsp3) is 0.357. The fourth-order valence-corrected chi connectivity index (χ4v) is 1.87. The zero-order valence-electron chi connectivity index (χ0n) is 11.8. The van der Waals surface area contributed by atoms with E-state index in [0.717, 1.165) is 18.2 Å². The summed E-state index contributed by atoms with van der Waals surface area (Å²) in [4.78, 5) is 21.7. The summed E-state index contributed by atoms with van der Waals surface area (Å²) in [7, 11) is 0. The van der Waals surface area contributed by atoms with Crippen LogP contribution in [0.2, 0.25) is 0 Å². The van der Waals surface area contributed by atoms with Gasteiger partial charge in [0.15, 0.2) is 0 Å². The highest BCUT2D eigenvalue weighted by atomic mass is 19.1. The number of halogens is 2. The molecule has 0 fully saturated rings. The molecule has 1 aliphatic rings. The summed E-state index contributed by atoms with van der Waals surface area (Å²) >= 11 is 0. The van der Waals surface area contributed by atoms with E-state index in [2.05, 4.69) is 10.3 Å². The van der Waals surface area contributed by atoms with E-state index in [1.54, 1.807) is 6.92 Å². The predicted octanol–water partition coefficient (Wildman–Crippen LogP) is 2.79. The molecule has 1 aromatic carbocycles. The van der Waals surface area contributed by atoms with Crippen LogP contribution in [0, 0.1) is 11.6 Å². The van der Waals surface area contributed by atoms with Crippen molar-refractivity contribution in [3.05, 3.63) is 35.4 Å². The van der Waals surface area contributed by atoms with E-state index in [1.165, 1.54) is 13.8 Å². The Hall–Kier alpha value is -2.31. The van der Waals surface area contributed by atoms with Crippen LogP contribution >= 0.6 is 0 Å². The zero-order valence-corrected chi connectivity index (χ0v) is 11.8. The van der Waals surface area contributed by atoms with Gasteiger partial charge >= 0.3 is 5.97 Å². The third-order valence-electron chi connectivity index (χ3n) is 3.01. The van der Waals surface area contributed by atoms with E-state index in [1.807, 2.05) is 0 Å². The lowest BCUT2D eigenvalue weighted by Gasteiger charge is -2.16. The quantitative estimate of drug-likeness (QED) is 0.489. The molecule has 7 heteroatoms. The fourth-order valence-electron chi connectivity index (χ4n) is 1.87. The van der Waals surface area contributed by atoms with Gasteiger partial charge in [0.05, 0.1) is 11.4 Å². The molecule has 1 aromatic rings. The van der Waals surface area contributed by atoms with Crippen LogP contribution in [-0.4, -0.2) is 23.0 Å². The molecule has 0 saturated carbocycles. The second-order valence-corrected chi connectivity index (χ2v) is 5.01.